The number of nitrogens with two attached hydrogens (primary N) is 1. The Hall–Kier alpha value is -2.74. The van der Waals surface area contributed by atoms with Crippen LogP contribution in [0.4, 0.5) is 20.3 Å². The fourth-order valence-electron chi connectivity index (χ4n) is 3.26. The summed E-state index contributed by atoms with van der Waals surface area (Å²) in [5, 5.41) is 0. The smallest absolute Gasteiger partial charge is 0.150 e. The Labute approximate surface area is 162 Å². The number of alkyl halides is 2. The van der Waals surface area contributed by atoms with Crippen molar-refractivity contribution in [2.24, 2.45) is 5.84 Å². The van der Waals surface area contributed by atoms with Gasteiger partial charge in [-0.15, -0.1) is 0 Å². The van der Waals surface area contributed by atoms with Gasteiger partial charge in [-0.1, -0.05) is 6.58 Å². The van der Waals surface area contributed by atoms with Crippen LogP contribution in [0.25, 0.3) is 5.57 Å². The maximum atomic E-state index is 13.5. The standard InChI is InChI=1S/C20H23F2N5O/c1-12(14-7-13(3-4-17(14)26-23)28-20(2)5-6-20)18-8-19(25-11-24-18)27-9-15(21)16(22)10-27/h3-4,7-8,11,15-16,26H,1,5-6,9-10,23H2,2H3/t15-,16-/m0/s1. The lowest BCUT2D eigenvalue weighted by Gasteiger charge is -2.19. The Bertz CT molecular complexity index is 892. The number of nitrogens with one attached hydrogen (secondary N) is 1. The van der Waals surface area contributed by atoms with Gasteiger partial charge in [0.05, 0.1) is 24.5 Å². The highest BCUT2D eigenvalue weighted by Crippen LogP contribution is 2.41. The van der Waals surface area contributed by atoms with E-state index in [1.54, 1.807) is 11.0 Å². The number of hydrazine groups is 1. The molecular formula is C20H23F2N5O. The number of aromatic nitrogens is 2. The van der Waals surface area contributed by atoms with Crippen molar-refractivity contribution in [1.82, 2.24) is 9.97 Å². The highest BCUT2D eigenvalue weighted by atomic mass is 19.2. The summed E-state index contributed by atoms with van der Waals surface area (Å²) in [5.41, 5.74) is 5.12. The van der Waals surface area contributed by atoms with E-state index in [-0.39, 0.29) is 18.7 Å². The van der Waals surface area contributed by atoms with Gasteiger partial charge < -0.3 is 15.1 Å². The number of hydrogen-bond donors (Lipinski definition) is 2. The van der Waals surface area contributed by atoms with Gasteiger partial charge in [-0.05, 0) is 38.0 Å². The molecule has 28 heavy (non-hydrogen) atoms. The molecule has 0 bridgehead atoms. The molecule has 0 radical (unpaired) electrons. The molecule has 4 rings (SSSR count). The van der Waals surface area contributed by atoms with Gasteiger partial charge in [0.15, 0.2) is 12.3 Å². The molecule has 2 aliphatic rings. The van der Waals surface area contributed by atoms with Gasteiger partial charge in [-0.2, -0.15) is 0 Å². The molecule has 2 heterocycles. The molecule has 1 aromatic carbocycles. The van der Waals surface area contributed by atoms with Gasteiger partial charge in [-0.3, -0.25) is 5.84 Å². The van der Waals surface area contributed by atoms with E-state index in [2.05, 4.69) is 28.9 Å². The molecule has 148 valence electrons. The Balaban J connectivity index is 1.62. The lowest BCUT2D eigenvalue weighted by Crippen LogP contribution is -2.21. The normalized spacial score (nSPS) is 22.8. The molecule has 2 fully saturated rings. The van der Waals surface area contributed by atoms with E-state index in [1.807, 2.05) is 18.2 Å². The van der Waals surface area contributed by atoms with Gasteiger partial charge in [-0.25, -0.2) is 18.7 Å². The SMILES string of the molecule is C=C(c1cc(N2C[C@H](F)[C@@H](F)C2)ncn1)c1cc(OC2(C)CC2)ccc1NN. The quantitative estimate of drug-likeness (QED) is 0.585. The zero-order chi connectivity index (χ0) is 19.9. The van der Waals surface area contributed by atoms with Crippen LogP contribution in [0.2, 0.25) is 0 Å². The minimum absolute atomic E-state index is 0.0262. The molecule has 0 spiro atoms. The second-order valence-corrected chi connectivity index (χ2v) is 7.58. The van der Waals surface area contributed by atoms with Crippen molar-refractivity contribution in [3.63, 3.8) is 0 Å². The van der Waals surface area contributed by atoms with Crippen molar-refractivity contribution in [2.75, 3.05) is 23.4 Å². The van der Waals surface area contributed by atoms with Crippen LogP contribution in [-0.2, 0) is 0 Å². The van der Waals surface area contributed by atoms with Crippen LogP contribution in [0.1, 0.15) is 31.0 Å². The topological polar surface area (TPSA) is 76.3 Å². The van der Waals surface area contributed by atoms with Gasteiger partial charge in [0.25, 0.3) is 0 Å². The van der Waals surface area contributed by atoms with Crippen molar-refractivity contribution in [3.05, 3.63) is 48.4 Å². The third-order valence-corrected chi connectivity index (χ3v) is 5.26. The highest BCUT2D eigenvalue weighted by molar-refractivity contribution is 5.84. The van der Waals surface area contributed by atoms with Crippen molar-refractivity contribution in [3.8, 4) is 5.75 Å². The van der Waals surface area contributed by atoms with Gasteiger partial charge in [0, 0.05) is 17.2 Å². The Morgan fingerprint density at radius 3 is 2.61 bits per heavy atom. The maximum Gasteiger partial charge on any atom is 0.150 e. The summed E-state index contributed by atoms with van der Waals surface area (Å²) in [6, 6.07) is 7.23. The van der Waals surface area contributed by atoms with Crippen molar-refractivity contribution in [2.45, 2.75) is 37.7 Å². The molecule has 0 amide bonds. The largest absolute Gasteiger partial charge is 0.488 e. The molecule has 1 aliphatic carbocycles. The molecule has 6 nitrogen and oxygen atoms in total. The number of nitrogens with zero attached hydrogens (tertiary/aromatic N) is 3. The molecule has 8 heteroatoms. The third kappa shape index (κ3) is 3.64. The molecule has 1 aliphatic heterocycles. The Morgan fingerprint density at radius 1 is 1.25 bits per heavy atom. The minimum Gasteiger partial charge on any atom is -0.488 e. The average molecular weight is 387 g/mol. The molecule has 1 aromatic heterocycles. The molecule has 3 N–H and O–H groups in total. The van der Waals surface area contributed by atoms with Gasteiger partial charge in [0.2, 0.25) is 0 Å². The lowest BCUT2D eigenvalue weighted by atomic mass is 10.0. The number of rotatable bonds is 6. The minimum atomic E-state index is -1.51. The molecule has 0 unspecified atom stereocenters. The third-order valence-electron chi connectivity index (χ3n) is 5.26. The van der Waals surface area contributed by atoms with Crippen LogP contribution in [0, 0.1) is 0 Å². The van der Waals surface area contributed by atoms with Crippen molar-refractivity contribution < 1.29 is 13.5 Å². The fraction of sp³-hybridized carbons (Fsp3) is 0.400. The summed E-state index contributed by atoms with van der Waals surface area (Å²) in [6.45, 7) is 6.16. The fourth-order valence-corrected chi connectivity index (χ4v) is 3.26. The van der Waals surface area contributed by atoms with E-state index in [1.165, 1.54) is 6.33 Å². The predicted molar refractivity (Wildman–Crippen MR) is 105 cm³/mol. The first-order valence-corrected chi connectivity index (χ1v) is 9.23. The number of anilines is 2. The number of nitrogen functional groups attached to an aromatic ring is 1. The van der Waals surface area contributed by atoms with Gasteiger partial charge in [0.1, 0.15) is 23.5 Å². The van der Waals surface area contributed by atoms with Crippen molar-refractivity contribution in [1.29, 1.82) is 0 Å². The summed E-state index contributed by atoms with van der Waals surface area (Å²) >= 11 is 0. The van der Waals surface area contributed by atoms with Crippen LogP contribution in [0.5, 0.6) is 5.75 Å². The summed E-state index contributed by atoms with van der Waals surface area (Å²) in [6.07, 6.45) is 0.405. The highest BCUT2D eigenvalue weighted by Gasteiger charge is 2.40. The number of hydrogen-bond acceptors (Lipinski definition) is 6. The second kappa shape index (κ2) is 7.01. The van der Waals surface area contributed by atoms with Crippen LogP contribution in [0.3, 0.4) is 0 Å². The van der Waals surface area contributed by atoms with E-state index in [0.717, 1.165) is 24.2 Å². The number of halogens is 2. The molecular weight excluding hydrogens is 364 g/mol. The average Bonchev–Trinajstić information content (AvgIpc) is 3.33. The molecule has 1 saturated carbocycles. The summed E-state index contributed by atoms with van der Waals surface area (Å²) in [7, 11) is 0. The summed E-state index contributed by atoms with van der Waals surface area (Å²) < 4.78 is 33.1. The lowest BCUT2D eigenvalue weighted by molar-refractivity contribution is 0.200. The van der Waals surface area contributed by atoms with E-state index < -0.39 is 12.3 Å². The number of benzene rings is 1. The van der Waals surface area contributed by atoms with Crippen LogP contribution in [-0.4, -0.2) is 41.0 Å². The van der Waals surface area contributed by atoms with E-state index >= 15 is 0 Å². The van der Waals surface area contributed by atoms with Crippen molar-refractivity contribution >= 4 is 17.1 Å². The zero-order valence-electron chi connectivity index (χ0n) is 15.7. The van der Waals surface area contributed by atoms with E-state index in [0.29, 0.717) is 22.8 Å². The first kappa shape index (κ1) is 18.6. The van der Waals surface area contributed by atoms with E-state index in [4.69, 9.17) is 10.6 Å². The molecule has 2 aromatic rings. The molecule has 2 atom stereocenters. The Morgan fingerprint density at radius 2 is 1.96 bits per heavy atom. The first-order valence-electron chi connectivity index (χ1n) is 9.23. The van der Waals surface area contributed by atoms with Crippen LogP contribution < -0.4 is 20.9 Å². The monoisotopic (exact) mass is 387 g/mol. The summed E-state index contributed by atoms with van der Waals surface area (Å²) in [5.74, 6) is 6.85. The summed E-state index contributed by atoms with van der Waals surface area (Å²) in [4.78, 5) is 10.0. The molecule has 1 saturated heterocycles. The predicted octanol–water partition coefficient (Wildman–Crippen LogP) is 3.25. The van der Waals surface area contributed by atoms with E-state index in [9.17, 15) is 8.78 Å². The first-order chi connectivity index (χ1) is 13.4. The van der Waals surface area contributed by atoms with Gasteiger partial charge >= 0.3 is 0 Å². The maximum absolute atomic E-state index is 13.5. The van der Waals surface area contributed by atoms with Crippen LogP contribution in [0.15, 0.2) is 37.2 Å². The second-order valence-electron chi connectivity index (χ2n) is 7.58. The Kier molecular flexibility index (Phi) is 4.66. The van der Waals surface area contributed by atoms with Crippen LogP contribution >= 0.6 is 0 Å². The number of ether oxygens (including phenoxy) is 1. The zero-order valence-corrected chi connectivity index (χ0v) is 15.7.